The minimum Gasteiger partial charge on any atom is -0.383 e. The first kappa shape index (κ1) is 14.8. The van der Waals surface area contributed by atoms with Gasteiger partial charge in [0.25, 0.3) is 0 Å². The molecule has 0 radical (unpaired) electrons. The van der Waals surface area contributed by atoms with Gasteiger partial charge in [-0.2, -0.15) is 0 Å². The summed E-state index contributed by atoms with van der Waals surface area (Å²) in [7, 11) is 1.65. The highest BCUT2D eigenvalue weighted by molar-refractivity contribution is 5.79. The molecule has 2 aromatic rings. The molecule has 1 aliphatic rings. The number of likely N-dealkylation sites (tertiary alicyclic amines) is 1. The van der Waals surface area contributed by atoms with Crippen molar-refractivity contribution < 1.29 is 9.53 Å². The fourth-order valence-corrected chi connectivity index (χ4v) is 2.88. The van der Waals surface area contributed by atoms with E-state index in [0.29, 0.717) is 26.1 Å². The van der Waals surface area contributed by atoms with Crippen LogP contribution in [0.25, 0.3) is 11.3 Å². The molecule has 0 saturated carbocycles. The number of H-pyrrole nitrogens is 1. The van der Waals surface area contributed by atoms with Gasteiger partial charge in [0.05, 0.1) is 18.5 Å². The van der Waals surface area contributed by atoms with Crippen LogP contribution < -0.4 is 0 Å². The van der Waals surface area contributed by atoms with E-state index in [-0.39, 0.29) is 11.8 Å². The smallest absolute Gasteiger partial charge is 0.223 e. The summed E-state index contributed by atoms with van der Waals surface area (Å²) in [4.78, 5) is 21.7. The summed E-state index contributed by atoms with van der Waals surface area (Å²) < 4.78 is 5.05. The number of methoxy groups -OCH3 is 1. The van der Waals surface area contributed by atoms with Crippen LogP contribution >= 0.6 is 0 Å². The Morgan fingerprint density at radius 1 is 1.45 bits per heavy atom. The Bertz CT molecular complexity index is 665. The second-order valence-electron chi connectivity index (χ2n) is 5.79. The second kappa shape index (κ2) is 6.32. The van der Waals surface area contributed by atoms with Gasteiger partial charge in [-0.3, -0.25) is 4.79 Å². The summed E-state index contributed by atoms with van der Waals surface area (Å²) in [6.07, 6.45) is 2.37. The number of hydrogen-bond acceptors (Lipinski definition) is 3. The Hall–Kier alpha value is -2.14. The lowest BCUT2D eigenvalue weighted by molar-refractivity contribution is -0.128. The zero-order chi connectivity index (χ0) is 15.5. The SMILES string of the molecule is COCCN1CC(c2ncc(-c3cccc(C)c3)[nH]2)CC1=O. The lowest BCUT2D eigenvalue weighted by Crippen LogP contribution is -2.28. The average Bonchev–Trinajstić information content (AvgIpc) is 3.12. The van der Waals surface area contributed by atoms with Crippen LogP contribution in [0.15, 0.2) is 30.5 Å². The molecule has 0 bridgehead atoms. The minimum atomic E-state index is 0.142. The Kier molecular flexibility index (Phi) is 4.24. The van der Waals surface area contributed by atoms with Crippen molar-refractivity contribution in [2.75, 3.05) is 26.8 Å². The molecule has 5 heteroatoms. The topological polar surface area (TPSA) is 58.2 Å². The third kappa shape index (κ3) is 3.04. The molecular formula is C17H21N3O2. The molecule has 1 fully saturated rings. The number of carbonyl (C=O) groups is 1. The fourth-order valence-electron chi connectivity index (χ4n) is 2.88. The van der Waals surface area contributed by atoms with E-state index in [9.17, 15) is 4.79 Å². The molecule has 0 aliphatic carbocycles. The van der Waals surface area contributed by atoms with Crippen LogP contribution in [-0.4, -0.2) is 47.6 Å². The van der Waals surface area contributed by atoms with Gasteiger partial charge in [0.2, 0.25) is 5.91 Å². The molecule has 1 N–H and O–H groups in total. The second-order valence-corrected chi connectivity index (χ2v) is 5.79. The highest BCUT2D eigenvalue weighted by Crippen LogP contribution is 2.28. The quantitative estimate of drug-likeness (QED) is 0.922. The summed E-state index contributed by atoms with van der Waals surface area (Å²) in [6, 6.07) is 8.30. The van der Waals surface area contributed by atoms with Crippen molar-refractivity contribution in [3.05, 3.63) is 41.9 Å². The van der Waals surface area contributed by atoms with E-state index in [0.717, 1.165) is 17.1 Å². The van der Waals surface area contributed by atoms with Gasteiger partial charge < -0.3 is 14.6 Å². The van der Waals surface area contributed by atoms with Gasteiger partial charge >= 0.3 is 0 Å². The minimum absolute atomic E-state index is 0.142. The van der Waals surface area contributed by atoms with Crippen LogP contribution in [0.3, 0.4) is 0 Å². The molecule has 1 aliphatic heterocycles. The number of benzene rings is 1. The number of aromatic nitrogens is 2. The Labute approximate surface area is 130 Å². The maximum atomic E-state index is 12.0. The van der Waals surface area contributed by atoms with Gasteiger partial charge in [0.1, 0.15) is 5.82 Å². The van der Waals surface area contributed by atoms with Crippen LogP contribution in [0, 0.1) is 6.92 Å². The van der Waals surface area contributed by atoms with Gasteiger partial charge in [-0.15, -0.1) is 0 Å². The predicted octanol–water partition coefficient (Wildman–Crippen LogP) is 2.35. The number of carbonyl (C=O) groups excluding carboxylic acids is 1. The van der Waals surface area contributed by atoms with E-state index in [4.69, 9.17) is 4.74 Å². The van der Waals surface area contributed by atoms with Crippen LogP contribution in [0.1, 0.15) is 23.7 Å². The first-order valence-electron chi connectivity index (χ1n) is 7.56. The first-order valence-corrected chi connectivity index (χ1v) is 7.56. The highest BCUT2D eigenvalue weighted by Gasteiger charge is 2.32. The summed E-state index contributed by atoms with van der Waals surface area (Å²) in [5, 5.41) is 0. The maximum Gasteiger partial charge on any atom is 0.223 e. The predicted molar refractivity (Wildman–Crippen MR) is 84.6 cm³/mol. The zero-order valence-electron chi connectivity index (χ0n) is 13.0. The number of nitrogens with zero attached hydrogens (tertiary/aromatic N) is 2. The molecular weight excluding hydrogens is 278 g/mol. The molecule has 1 saturated heterocycles. The molecule has 0 spiro atoms. The molecule has 1 aromatic heterocycles. The number of aryl methyl sites for hydroxylation is 1. The molecule has 3 rings (SSSR count). The number of hydrogen-bond donors (Lipinski definition) is 1. The van der Waals surface area contributed by atoms with Crippen molar-refractivity contribution in [2.24, 2.45) is 0 Å². The fraction of sp³-hybridized carbons (Fsp3) is 0.412. The number of ether oxygens (including phenoxy) is 1. The van der Waals surface area contributed by atoms with Crippen molar-refractivity contribution in [2.45, 2.75) is 19.3 Å². The number of aromatic amines is 1. The molecule has 1 unspecified atom stereocenters. The van der Waals surface area contributed by atoms with Crippen molar-refractivity contribution in [3.8, 4) is 11.3 Å². The lowest BCUT2D eigenvalue weighted by Gasteiger charge is -2.15. The highest BCUT2D eigenvalue weighted by atomic mass is 16.5. The Morgan fingerprint density at radius 3 is 3.09 bits per heavy atom. The molecule has 22 heavy (non-hydrogen) atoms. The van der Waals surface area contributed by atoms with E-state index in [2.05, 4.69) is 35.1 Å². The summed E-state index contributed by atoms with van der Waals surface area (Å²) in [5.41, 5.74) is 3.34. The molecule has 1 atom stereocenters. The van der Waals surface area contributed by atoms with Gasteiger partial charge in [-0.05, 0) is 18.6 Å². The van der Waals surface area contributed by atoms with E-state index in [1.807, 2.05) is 17.2 Å². The van der Waals surface area contributed by atoms with Crippen molar-refractivity contribution >= 4 is 5.91 Å². The first-order chi connectivity index (χ1) is 10.7. The normalized spacial score (nSPS) is 18.2. The van der Waals surface area contributed by atoms with E-state index in [1.54, 1.807) is 7.11 Å². The number of nitrogens with one attached hydrogen (secondary N) is 1. The number of imidazole rings is 1. The van der Waals surface area contributed by atoms with E-state index >= 15 is 0 Å². The van der Waals surface area contributed by atoms with Crippen LogP contribution in [0.4, 0.5) is 0 Å². The molecule has 1 amide bonds. The molecule has 1 aromatic carbocycles. The standard InChI is InChI=1S/C17H21N3O2/c1-12-4-3-5-13(8-12)15-10-18-17(19-15)14-9-16(21)20(11-14)6-7-22-2/h3-5,8,10,14H,6-7,9,11H2,1-2H3,(H,18,19). The van der Waals surface area contributed by atoms with Crippen LogP contribution in [0.2, 0.25) is 0 Å². The van der Waals surface area contributed by atoms with Gasteiger partial charge in [0.15, 0.2) is 0 Å². The van der Waals surface area contributed by atoms with Crippen LogP contribution in [-0.2, 0) is 9.53 Å². The third-order valence-corrected chi connectivity index (χ3v) is 4.09. The maximum absolute atomic E-state index is 12.0. The molecule has 5 nitrogen and oxygen atoms in total. The summed E-state index contributed by atoms with van der Waals surface area (Å²) in [6.45, 7) is 4.01. The van der Waals surface area contributed by atoms with Crippen molar-refractivity contribution in [1.82, 2.24) is 14.9 Å². The van der Waals surface area contributed by atoms with Crippen LogP contribution in [0.5, 0.6) is 0 Å². The van der Waals surface area contributed by atoms with E-state index < -0.39 is 0 Å². The van der Waals surface area contributed by atoms with Gasteiger partial charge in [0, 0.05) is 32.5 Å². The summed E-state index contributed by atoms with van der Waals surface area (Å²) in [5.74, 6) is 1.21. The lowest BCUT2D eigenvalue weighted by atomic mass is 10.1. The third-order valence-electron chi connectivity index (χ3n) is 4.09. The summed E-state index contributed by atoms with van der Waals surface area (Å²) >= 11 is 0. The Balaban J connectivity index is 1.73. The van der Waals surface area contributed by atoms with Gasteiger partial charge in [-0.25, -0.2) is 4.98 Å². The van der Waals surface area contributed by atoms with Crippen molar-refractivity contribution in [3.63, 3.8) is 0 Å². The monoisotopic (exact) mass is 299 g/mol. The largest absolute Gasteiger partial charge is 0.383 e. The zero-order valence-corrected chi connectivity index (χ0v) is 13.0. The average molecular weight is 299 g/mol. The molecule has 116 valence electrons. The van der Waals surface area contributed by atoms with E-state index in [1.165, 1.54) is 5.56 Å². The number of amides is 1. The Morgan fingerprint density at radius 2 is 2.32 bits per heavy atom. The number of rotatable bonds is 5. The molecule has 2 heterocycles. The van der Waals surface area contributed by atoms with Gasteiger partial charge in [-0.1, -0.05) is 23.8 Å². The van der Waals surface area contributed by atoms with Crippen molar-refractivity contribution in [1.29, 1.82) is 0 Å².